The van der Waals surface area contributed by atoms with Gasteiger partial charge in [0.2, 0.25) is 0 Å². The van der Waals surface area contributed by atoms with Crippen LogP contribution in [0.15, 0.2) is 18.2 Å². The van der Waals surface area contributed by atoms with E-state index in [9.17, 15) is 13.2 Å². The molecule has 0 aliphatic carbocycles. The smallest absolute Gasteiger partial charge is 0.391 e. The van der Waals surface area contributed by atoms with Crippen molar-refractivity contribution in [2.75, 3.05) is 30.3 Å². The maximum atomic E-state index is 12.6. The van der Waals surface area contributed by atoms with E-state index in [-0.39, 0.29) is 12.8 Å². The third-order valence-electron chi connectivity index (χ3n) is 3.62. The average Bonchev–Trinajstić information content (AvgIpc) is 2.41. The number of anilines is 2. The highest BCUT2D eigenvalue weighted by Crippen LogP contribution is 2.36. The van der Waals surface area contributed by atoms with Crippen LogP contribution in [-0.4, -0.2) is 25.9 Å². The molecule has 0 atom stereocenters. The van der Waals surface area contributed by atoms with Crippen molar-refractivity contribution in [1.29, 1.82) is 0 Å². The van der Waals surface area contributed by atoms with Crippen LogP contribution in [0.4, 0.5) is 24.5 Å². The summed E-state index contributed by atoms with van der Waals surface area (Å²) < 4.78 is 43.3. The molecule has 20 heavy (non-hydrogen) atoms. The molecule has 1 aliphatic rings. The topological polar surface area (TPSA) is 38.5 Å². The number of nitrogen functional groups attached to an aromatic ring is 1. The molecule has 1 aliphatic heterocycles. The minimum absolute atomic E-state index is 0.137. The Morgan fingerprint density at radius 1 is 1.30 bits per heavy atom. The van der Waals surface area contributed by atoms with Gasteiger partial charge in [0, 0.05) is 24.8 Å². The van der Waals surface area contributed by atoms with E-state index in [1.165, 1.54) is 0 Å². The van der Waals surface area contributed by atoms with Gasteiger partial charge in [0.1, 0.15) is 5.75 Å². The van der Waals surface area contributed by atoms with Crippen LogP contribution in [0.3, 0.4) is 0 Å². The summed E-state index contributed by atoms with van der Waals surface area (Å²) in [5, 5.41) is 0. The first-order chi connectivity index (χ1) is 9.41. The quantitative estimate of drug-likeness (QED) is 0.866. The van der Waals surface area contributed by atoms with Gasteiger partial charge in [0.25, 0.3) is 0 Å². The van der Waals surface area contributed by atoms with Gasteiger partial charge in [-0.15, -0.1) is 0 Å². The molecule has 0 aromatic heterocycles. The van der Waals surface area contributed by atoms with E-state index >= 15 is 0 Å². The molecule has 0 unspecified atom stereocenters. The number of nitrogens with zero attached hydrogens (tertiary/aromatic N) is 1. The Morgan fingerprint density at radius 3 is 2.50 bits per heavy atom. The van der Waals surface area contributed by atoms with E-state index in [2.05, 4.69) is 0 Å². The van der Waals surface area contributed by atoms with Crippen LogP contribution in [0, 0.1) is 5.92 Å². The lowest BCUT2D eigenvalue weighted by Crippen LogP contribution is -2.39. The summed E-state index contributed by atoms with van der Waals surface area (Å²) in [4.78, 5) is 1.95. The number of piperidine rings is 1. The van der Waals surface area contributed by atoms with Gasteiger partial charge in [-0.3, -0.25) is 0 Å². The van der Waals surface area contributed by atoms with Gasteiger partial charge >= 0.3 is 6.18 Å². The molecule has 1 saturated heterocycles. The Bertz CT molecular complexity index is 454. The average molecular weight is 288 g/mol. The maximum absolute atomic E-state index is 12.6. The number of rotatable bonds is 3. The SMILES string of the molecule is CCOc1cc(N2CCC(C(F)(F)F)CC2)ccc1N. The number of benzene rings is 1. The summed E-state index contributed by atoms with van der Waals surface area (Å²) in [6, 6.07) is 5.36. The van der Waals surface area contributed by atoms with Crippen molar-refractivity contribution in [2.24, 2.45) is 5.92 Å². The van der Waals surface area contributed by atoms with E-state index in [0.29, 0.717) is 31.1 Å². The van der Waals surface area contributed by atoms with Crippen LogP contribution in [0.25, 0.3) is 0 Å². The van der Waals surface area contributed by atoms with Crippen molar-refractivity contribution >= 4 is 11.4 Å². The third-order valence-corrected chi connectivity index (χ3v) is 3.62. The highest BCUT2D eigenvalue weighted by Gasteiger charge is 2.41. The van der Waals surface area contributed by atoms with E-state index in [0.717, 1.165) is 5.69 Å². The monoisotopic (exact) mass is 288 g/mol. The lowest BCUT2D eigenvalue weighted by atomic mass is 9.96. The highest BCUT2D eigenvalue weighted by molar-refractivity contribution is 5.62. The zero-order valence-electron chi connectivity index (χ0n) is 11.4. The van der Waals surface area contributed by atoms with E-state index in [1.807, 2.05) is 17.9 Å². The molecule has 112 valence electrons. The van der Waals surface area contributed by atoms with Gasteiger partial charge in [-0.2, -0.15) is 13.2 Å². The molecule has 2 rings (SSSR count). The molecule has 1 aromatic rings. The van der Waals surface area contributed by atoms with Crippen molar-refractivity contribution in [3.63, 3.8) is 0 Å². The number of hydrogen-bond acceptors (Lipinski definition) is 3. The zero-order valence-corrected chi connectivity index (χ0v) is 11.4. The first kappa shape index (κ1) is 14.8. The number of nitrogens with two attached hydrogens (primary N) is 1. The highest BCUT2D eigenvalue weighted by atomic mass is 19.4. The summed E-state index contributed by atoms with van der Waals surface area (Å²) in [5.41, 5.74) is 7.20. The molecule has 0 spiro atoms. The predicted molar refractivity (Wildman–Crippen MR) is 73.0 cm³/mol. The molecule has 0 amide bonds. The Hall–Kier alpha value is -1.59. The second-order valence-corrected chi connectivity index (χ2v) is 4.96. The van der Waals surface area contributed by atoms with Gasteiger partial charge in [0.15, 0.2) is 0 Å². The Labute approximate surface area is 116 Å². The zero-order chi connectivity index (χ0) is 14.8. The van der Waals surface area contributed by atoms with Crippen LogP contribution in [-0.2, 0) is 0 Å². The fourth-order valence-electron chi connectivity index (χ4n) is 2.47. The predicted octanol–water partition coefficient (Wildman–Crippen LogP) is 3.45. The molecule has 3 nitrogen and oxygen atoms in total. The van der Waals surface area contributed by atoms with E-state index in [4.69, 9.17) is 10.5 Å². The molecule has 1 aromatic carbocycles. The van der Waals surface area contributed by atoms with Gasteiger partial charge in [-0.05, 0) is 31.9 Å². The first-order valence-electron chi connectivity index (χ1n) is 6.75. The fraction of sp³-hybridized carbons (Fsp3) is 0.571. The van der Waals surface area contributed by atoms with Gasteiger partial charge < -0.3 is 15.4 Å². The minimum Gasteiger partial charge on any atom is -0.492 e. The summed E-state index contributed by atoms with van der Waals surface area (Å²) in [7, 11) is 0. The summed E-state index contributed by atoms with van der Waals surface area (Å²) in [6.07, 6.45) is -3.81. The standard InChI is InChI=1S/C14H19F3N2O/c1-2-20-13-9-11(3-4-12(13)18)19-7-5-10(6-8-19)14(15,16)17/h3-4,9-10H,2,5-8,18H2,1H3. The van der Waals surface area contributed by atoms with Crippen molar-refractivity contribution in [3.05, 3.63) is 18.2 Å². The summed E-state index contributed by atoms with van der Waals surface area (Å²) >= 11 is 0. The molecule has 2 N–H and O–H groups in total. The normalized spacial score (nSPS) is 17.3. The Balaban J connectivity index is 2.05. The molecule has 1 heterocycles. The first-order valence-corrected chi connectivity index (χ1v) is 6.75. The Kier molecular flexibility index (Phi) is 4.30. The molecule has 0 radical (unpaired) electrons. The van der Waals surface area contributed by atoms with E-state index < -0.39 is 12.1 Å². The molecule has 0 saturated carbocycles. The van der Waals surface area contributed by atoms with Crippen molar-refractivity contribution in [3.8, 4) is 5.75 Å². The Morgan fingerprint density at radius 2 is 1.95 bits per heavy atom. The molecular weight excluding hydrogens is 269 g/mol. The van der Waals surface area contributed by atoms with Gasteiger partial charge in [-0.1, -0.05) is 0 Å². The van der Waals surface area contributed by atoms with E-state index in [1.54, 1.807) is 12.1 Å². The summed E-state index contributed by atoms with van der Waals surface area (Å²) in [6.45, 7) is 3.17. The number of ether oxygens (including phenoxy) is 1. The van der Waals surface area contributed by atoms with Crippen molar-refractivity contribution in [1.82, 2.24) is 0 Å². The number of hydrogen-bond donors (Lipinski definition) is 1. The van der Waals surface area contributed by atoms with Crippen LogP contribution < -0.4 is 15.4 Å². The van der Waals surface area contributed by atoms with Crippen molar-refractivity contribution in [2.45, 2.75) is 25.9 Å². The van der Waals surface area contributed by atoms with Gasteiger partial charge in [0.05, 0.1) is 18.2 Å². The van der Waals surface area contributed by atoms with Crippen LogP contribution in [0.5, 0.6) is 5.75 Å². The second kappa shape index (κ2) is 5.81. The lowest BCUT2D eigenvalue weighted by molar-refractivity contribution is -0.179. The second-order valence-electron chi connectivity index (χ2n) is 4.96. The summed E-state index contributed by atoms with van der Waals surface area (Å²) in [5.74, 6) is -0.596. The third kappa shape index (κ3) is 3.29. The fourth-order valence-corrected chi connectivity index (χ4v) is 2.47. The molecule has 6 heteroatoms. The number of alkyl halides is 3. The number of halogens is 3. The largest absolute Gasteiger partial charge is 0.492 e. The van der Waals surface area contributed by atoms with Crippen LogP contribution >= 0.6 is 0 Å². The maximum Gasteiger partial charge on any atom is 0.391 e. The lowest BCUT2D eigenvalue weighted by Gasteiger charge is -2.34. The molecular formula is C14H19F3N2O. The van der Waals surface area contributed by atoms with Crippen molar-refractivity contribution < 1.29 is 17.9 Å². The van der Waals surface area contributed by atoms with Crippen LogP contribution in [0.1, 0.15) is 19.8 Å². The molecule has 0 bridgehead atoms. The minimum atomic E-state index is -4.08. The van der Waals surface area contributed by atoms with Crippen LogP contribution in [0.2, 0.25) is 0 Å². The van der Waals surface area contributed by atoms with Gasteiger partial charge in [-0.25, -0.2) is 0 Å². The molecule has 1 fully saturated rings.